The molecule has 3 aliphatic heterocycles. The lowest BCUT2D eigenvalue weighted by molar-refractivity contribution is -0.123. The van der Waals surface area contributed by atoms with Gasteiger partial charge in [0, 0.05) is 45.6 Å². The smallest absolute Gasteiger partial charge is 0.265 e. The van der Waals surface area contributed by atoms with Gasteiger partial charge in [-0.3, -0.25) is 14.4 Å². The maximum absolute atomic E-state index is 13.3. The largest absolute Gasteiger partial charge is 0.493 e. The van der Waals surface area contributed by atoms with Gasteiger partial charge in [0.05, 0.1) is 23.9 Å². The third-order valence-electron chi connectivity index (χ3n) is 7.04. The third kappa shape index (κ3) is 7.92. The van der Waals surface area contributed by atoms with Crippen LogP contribution < -0.4 is 25.4 Å². The van der Waals surface area contributed by atoms with Gasteiger partial charge in [0.2, 0.25) is 11.8 Å². The second-order valence-electron chi connectivity index (χ2n) is 10.1. The van der Waals surface area contributed by atoms with Crippen LogP contribution in [0.15, 0.2) is 18.2 Å². The molecule has 0 aliphatic carbocycles. The summed E-state index contributed by atoms with van der Waals surface area (Å²) in [6.07, 6.45) is 3.51. The van der Waals surface area contributed by atoms with Gasteiger partial charge in [0.1, 0.15) is 11.0 Å². The predicted octanol–water partition coefficient (Wildman–Crippen LogP) is 2.37. The van der Waals surface area contributed by atoms with Crippen LogP contribution in [0.4, 0.5) is 0 Å². The summed E-state index contributed by atoms with van der Waals surface area (Å²) in [5, 5.41) is 10.1. The average molecular weight is 558 g/mol. The molecule has 3 aliphatic rings. The Morgan fingerprint density at radius 1 is 1.10 bits per heavy atom. The molecule has 3 amide bonds. The zero-order valence-electron chi connectivity index (χ0n) is 23.0. The van der Waals surface area contributed by atoms with Gasteiger partial charge in [-0.05, 0) is 57.2 Å². The number of ether oxygens (including phenoxy) is 2. The molecule has 1 aromatic heterocycles. The molecule has 0 saturated carbocycles. The van der Waals surface area contributed by atoms with Gasteiger partial charge in [-0.25, -0.2) is 4.98 Å². The van der Waals surface area contributed by atoms with Crippen LogP contribution in [0.1, 0.15) is 58.0 Å². The fraction of sp³-hybridized carbons (Fsp3) is 0.571. The maximum Gasteiger partial charge on any atom is 0.265 e. The van der Waals surface area contributed by atoms with E-state index in [0.29, 0.717) is 74.8 Å². The van der Waals surface area contributed by atoms with E-state index >= 15 is 0 Å². The average Bonchev–Trinajstić information content (AvgIpc) is 3.53. The van der Waals surface area contributed by atoms with Crippen molar-refractivity contribution >= 4 is 29.1 Å². The highest BCUT2D eigenvalue weighted by Gasteiger charge is 2.31. The summed E-state index contributed by atoms with van der Waals surface area (Å²) in [5.41, 5.74) is 1.72. The van der Waals surface area contributed by atoms with Gasteiger partial charge in [0.25, 0.3) is 5.91 Å². The highest BCUT2D eigenvalue weighted by atomic mass is 32.1. The van der Waals surface area contributed by atoms with Crippen molar-refractivity contribution in [2.45, 2.75) is 64.5 Å². The minimum absolute atomic E-state index is 0.0259. The second-order valence-corrected chi connectivity index (χ2v) is 11.3. The molecule has 0 unspecified atom stereocenters. The number of carbonyl (C=O) groups is 3. The van der Waals surface area contributed by atoms with E-state index < -0.39 is 0 Å². The van der Waals surface area contributed by atoms with Crippen LogP contribution >= 0.6 is 11.3 Å². The Hall–Kier alpha value is -3.18. The van der Waals surface area contributed by atoms with Crippen molar-refractivity contribution in [1.29, 1.82) is 0 Å². The summed E-state index contributed by atoms with van der Waals surface area (Å²) < 4.78 is 11.7. The number of hydrogen-bond donors (Lipinski definition) is 3. The summed E-state index contributed by atoms with van der Waals surface area (Å²) in [6, 6.07) is 5.39. The van der Waals surface area contributed by atoms with Crippen molar-refractivity contribution < 1.29 is 23.9 Å². The highest BCUT2D eigenvalue weighted by Crippen LogP contribution is 2.30. The number of rotatable bonds is 2. The van der Waals surface area contributed by atoms with Crippen molar-refractivity contribution in [3.8, 4) is 11.5 Å². The maximum atomic E-state index is 13.3. The lowest BCUT2D eigenvalue weighted by atomic mass is 10.1. The molecule has 2 aromatic rings. The molecule has 5 rings (SSSR count). The first-order chi connectivity index (χ1) is 18.8. The van der Waals surface area contributed by atoms with Crippen LogP contribution in [0.25, 0.3) is 0 Å². The topological polar surface area (TPSA) is 122 Å². The number of methoxy groups -OCH3 is 1. The molecule has 212 valence electrons. The van der Waals surface area contributed by atoms with Crippen LogP contribution in [-0.4, -0.2) is 79.6 Å². The van der Waals surface area contributed by atoms with E-state index in [1.165, 1.54) is 11.3 Å². The molecular weight excluding hydrogens is 518 g/mol. The number of nitrogens with one attached hydrogen (secondary N) is 3. The molecule has 1 aromatic carbocycles. The fourth-order valence-electron chi connectivity index (χ4n) is 4.93. The Labute approximate surface area is 233 Å². The lowest BCUT2D eigenvalue weighted by Crippen LogP contribution is -2.41. The molecule has 4 heterocycles. The van der Waals surface area contributed by atoms with Gasteiger partial charge in [-0.15, -0.1) is 11.3 Å². The van der Waals surface area contributed by atoms with Gasteiger partial charge >= 0.3 is 0 Å². The number of aromatic nitrogens is 1. The molecule has 39 heavy (non-hydrogen) atoms. The molecular formula is C28H39N5O5S. The number of amides is 3. The molecule has 10 nitrogen and oxygen atoms in total. The van der Waals surface area contributed by atoms with Gasteiger partial charge in [-0.2, -0.15) is 0 Å². The molecule has 11 heteroatoms. The van der Waals surface area contributed by atoms with Crippen molar-refractivity contribution in [1.82, 2.24) is 25.8 Å². The Bertz CT molecular complexity index is 1170. The number of fused-ring (bicyclic) bond motifs is 15. The zero-order chi connectivity index (χ0) is 27.8. The zero-order valence-corrected chi connectivity index (χ0v) is 23.8. The summed E-state index contributed by atoms with van der Waals surface area (Å²) >= 11 is 1.41. The molecule has 3 N–H and O–H groups in total. The standard InChI is InChI=1S/C28H39N5O5S/c1-18-26(39-19(2)32-18)28(36)33-13-5-4-11-30-27(35)22-16-21(17-31-22)38-23-9-7-20(15-24(23)37-3)8-10-25(34)29-12-6-14-33/h7,9,15,21-22,31H,4-6,8,10-14,16-17H2,1-3H3,(H,29,34)(H,30,35)/t21-,22-/m0/s1. The van der Waals surface area contributed by atoms with E-state index in [0.717, 1.165) is 29.1 Å². The number of thiazole rings is 1. The fourth-order valence-corrected chi connectivity index (χ4v) is 5.82. The Kier molecular flexibility index (Phi) is 10.2. The first kappa shape index (κ1) is 28.8. The first-order valence-corrected chi connectivity index (χ1v) is 14.5. The predicted molar refractivity (Wildman–Crippen MR) is 150 cm³/mol. The quantitative estimate of drug-likeness (QED) is 0.518. The molecule has 4 bridgehead atoms. The van der Waals surface area contributed by atoms with Gasteiger partial charge < -0.3 is 30.3 Å². The molecule has 2 atom stereocenters. The SMILES string of the molecule is COc1cc2ccc1O[C@@H]1CN[C@@H](C1)C(=O)NCCCCN(C(=O)c1sc(C)nc1C)CCCNC(=O)CC2. The second kappa shape index (κ2) is 13.7. The van der Waals surface area contributed by atoms with Gasteiger partial charge in [0.15, 0.2) is 11.5 Å². The summed E-state index contributed by atoms with van der Waals surface area (Å²) in [4.78, 5) is 45.4. The molecule has 1 saturated heterocycles. The van der Waals surface area contributed by atoms with E-state index in [2.05, 4.69) is 20.9 Å². The van der Waals surface area contributed by atoms with E-state index in [4.69, 9.17) is 9.47 Å². The number of benzene rings is 1. The monoisotopic (exact) mass is 557 g/mol. The summed E-state index contributed by atoms with van der Waals surface area (Å²) in [7, 11) is 1.59. The van der Waals surface area contributed by atoms with E-state index in [1.54, 1.807) is 7.11 Å². The minimum atomic E-state index is -0.313. The summed E-state index contributed by atoms with van der Waals surface area (Å²) in [5.74, 6) is 1.15. The first-order valence-electron chi connectivity index (χ1n) is 13.7. The minimum Gasteiger partial charge on any atom is -0.493 e. The van der Waals surface area contributed by atoms with Crippen molar-refractivity contribution in [2.75, 3.05) is 39.8 Å². The van der Waals surface area contributed by atoms with Crippen molar-refractivity contribution in [2.24, 2.45) is 0 Å². The molecule has 1 fully saturated rings. The number of nitrogens with zero attached hydrogens (tertiary/aromatic N) is 2. The molecule has 0 spiro atoms. The van der Waals surface area contributed by atoms with Crippen LogP contribution in [0.5, 0.6) is 11.5 Å². The van der Waals surface area contributed by atoms with Crippen LogP contribution in [0.3, 0.4) is 0 Å². The van der Waals surface area contributed by atoms with E-state index in [9.17, 15) is 14.4 Å². The van der Waals surface area contributed by atoms with Crippen molar-refractivity contribution in [3.63, 3.8) is 0 Å². The summed E-state index contributed by atoms with van der Waals surface area (Å²) in [6.45, 7) is 6.47. The lowest BCUT2D eigenvalue weighted by Gasteiger charge is -2.23. The Morgan fingerprint density at radius 3 is 2.67 bits per heavy atom. The van der Waals surface area contributed by atoms with Crippen LogP contribution in [0, 0.1) is 13.8 Å². The van der Waals surface area contributed by atoms with E-state index in [1.807, 2.05) is 36.9 Å². The van der Waals surface area contributed by atoms with E-state index in [-0.39, 0.29) is 29.9 Å². The highest BCUT2D eigenvalue weighted by molar-refractivity contribution is 7.13. The third-order valence-corrected chi connectivity index (χ3v) is 8.10. The van der Waals surface area contributed by atoms with Crippen LogP contribution in [0.2, 0.25) is 0 Å². The van der Waals surface area contributed by atoms with Crippen molar-refractivity contribution in [3.05, 3.63) is 39.3 Å². The Balaban J connectivity index is 1.43. The molecule has 0 radical (unpaired) electrons. The number of aryl methyl sites for hydroxylation is 3. The van der Waals surface area contributed by atoms with Gasteiger partial charge in [-0.1, -0.05) is 6.07 Å². The normalized spacial score (nSPS) is 21.8. The Morgan fingerprint density at radius 2 is 1.90 bits per heavy atom. The van der Waals surface area contributed by atoms with Crippen LogP contribution in [-0.2, 0) is 16.0 Å². The number of carbonyl (C=O) groups excluding carboxylic acids is 3. The number of hydrogen-bond acceptors (Lipinski definition) is 8.